The molecule has 8 heteroatoms. The number of aryl methyl sites for hydroxylation is 1. The van der Waals surface area contributed by atoms with Crippen molar-refractivity contribution in [2.75, 3.05) is 31.1 Å². The standard InChI is InChI=1S/C29H33FN6O/c1-20-26-27(35-16-14-34(15-17-35)25(37)19-29(2,3)4)31-24(18-21-8-6-5-7-9-21)32-28(26)36(33-20)23-12-10-22(30)11-13-23/h5-13H,14-19H2,1-4H3. The van der Waals surface area contributed by atoms with Crippen LogP contribution in [0.5, 0.6) is 0 Å². The number of benzene rings is 2. The molecule has 1 aliphatic heterocycles. The molecule has 1 aliphatic rings. The lowest BCUT2D eigenvalue weighted by molar-refractivity contribution is -0.133. The van der Waals surface area contributed by atoms with Crippen LogP contribution < -0.4 is 4.90 Å². The van der Waals surface area contributed by atoms with Crippen molar-refractivity contribution in [2.45, 2.75) is 40.5 Å². The molecular weight excluding hydrogens is 467 g/mol. The zero-order valence-electron chi connectivity index (χ0n) is 21.9. The van der Waals surface area contributed by atoms with E-state index in [9.17, 15) is 9.18 Å². The molecule has 37 heavy (non-hydrogen) atoms. The fraction of sp³-hybridized carbons (Fsp3) is 0.379. The van der Waals surface area contributed by atoms with Crippen LogP contribution in [0.4, 0.5) is 10.2 Å². The van der Waals surface area contributed by atoms with E-state index in [1.807, 2.05) is 30.0 Å². The van der Waals surface area contributed by atoms with Gasteiger partial charge in [-0.05, 0) is 42.2 Å². The minimum absolute atomic E-state index is 0.0363. The summed E-state index contributed by atoms with van der Waals surface area (Å²) < 4.78 is 15.4. The molecule has 1 fully saturated rings. The van der Waals surface area contributed by atoms with Gasteiger partial charge in [-0.2, -0.15) is 5.10 Å². The van der Waals surface area contributed by atoms with E-state index in [0.717, 1.165) is 28.1 Å². The molecule has 0 bridgehead atoms. The Bertz CT molecular complexity index is 1400. The van der Waals surface area contributed by atoms with Crippen LogP contribution in [-0.2, 0) is 11.2 Å². The third-order valence-corrected chi connectivity index (χ3v) is 6.62. The molecule has 1 saturated heterocycles. The summed E-state index contributed by atoms with van der Waals surface area (Å²) in [7, 11) is 0. The van der Waals surface area contributed by atoms with E-state index in [1.54, 1.807) is 16.8 Å². The van der Waals surface area contributed by atoms with E-state index in [0.29, 0.717) is 50.5 Å². The Hall–Kier alpha value is -3.81. The number of nitrogens with zero attached hydrogens (tertiary/aromatic N) is 6. The molecule has 2 aromatic heterocycles. The normalized spacial score (nSPS) is 14.4. The van der Waals surface area contributed by atoms with Gasteiger partial charge in [-0.1, -0.05) is 51.1 Å². The first kappa shape index (κ1) is 24.9. The molecule has 0 radical (unpaired) electrons. The molecule has 7 nitrogen and oxygen atoms in total. The average molecular weight is 501 g/mol. The Balaban J connectivity index is 1.52. The molecular formula is C29H33FN6O. The van der Waals surface area contributed by atoms with Gasteiger partial charge >= 0.3 is 0 Å². The van der Waals surface area contributed by atoms with E-state index in [2.05, 4.69) is 37.8 Å². The average Bonchev–Trinajstić information content (AvgIpc) is 3.20. The predicted octanol–water partition coefficient (Wildman–Crippen LogP) is 4.94. The molecule has 5 rings (SSSR count). The maximum absolute atomic E-state index is 13.6. The van der Waals surface area contributed by atoms with Crippen LogP contribution in [0.1, 0.15) is 44.3 Å². The van der Waals surface area contributed by atoms with Crippen LogP contribution in [0, 0.1) is 18.2 Å². The lowest BCUT2D eigenvalue weighted by Gasteiger charge is -2.36. The molecule has 0 N–H and O–H groups in total. The van der Waals surface area contributed by atoms with Gasteiger partial charge < -0.3 is 9.80 Å². The second kappa shape index (κ2) is 9.92. The van der Waals surface area contributed by atoms with Gasteiger partial charge in [-0.3, -0.25) is 4.79 Å². The van der Waals surface area contributed by atoms with E-state index in [-0.39, 0.29) is 17.1 Å². The first-order chi connectivity index (χ1) is 17.7. The highest BCUT2D eigenvalue weighted by molar-refractivity contribution is 5.91. The van der Waals surface area contributed by atoms with Crippen molar-refractivity contribution in [1.29, 1.82) is 0 Å². The summed E-state index contributed by atoms with van der Waals surface area (Å²) in [6.45, 7) is 10.9. The molecule has 1 amide bonds. The number of carbonyl (C=O) groups excluding carboxylic acids is 1. The van der Waals surface area contributed by atoms with Crippen LogP contribution in [0.2, 0.25) is 0 Å². The summed E-state index contributed by atoms with van der Waals surface area (Å²) in [5, 5.41) is 5.66. The molecule has 0 unspecified atom stereocenters. The summed E-state index contributed by atoms with van der Waals surface area (Å²) in [4.78, 5) is 27.0. The fourth-order valence-corrected chi connectivity index (χ4v) is 4.79. The van der Waals surface area contributed by atoms with Crippen LogP contribution in [-0.4, -0.2) is 56.7 Å². The summed E-state index contributed by atoms with van der Waals surface area (Å²) >= 11 is 0. The lowest BCUT2D eigenvalue weighted by Crippen LogP contribution is -2.49. The number of anilines is 1. The van der Waals surface area contributed by atoms with E-state index in [4.69, 9.17) is 15.1 Å². The summed E-state index contributed by atoms with van der Waals surface area (Å²) in [5.41, 5.74) is 3.34. The number of halogens is 1. The van der Waals surface area contributed by atoms with Crippen LogP contribution >= 0.6 is 0 Å². The van der Waals surface area contributed by atoms with E-state index < -0.39 is 0 Å². The van der Waals surface area contributed by atoms with Gasteiger partial charge in [0.2, 0.25) is 5.91 Å². The van der Waals surface area contributed by atoms with E-state index >= 15 is 0 Å². The van der Waals surface area contributed by atoms with Gasteiger partial charge in [0.05, 0.1) is 16.8 Å². The Morgan fingerprint density at radius 3 is 2.27 bits per heavy atom. The molecule has 4 aromatic rings. The van der Waals surface area contributed by atoms with Crippen molar-refractivity contribution in [3.63, 3.8) is 0 Å². The van der Waals surface area contributed by atoms with Crippen molar-refractivity contribution in [3.8, 4) is 5.69 Å². The number of piperazine rings is 1. The number of amides is 1. The highest BCUT2D eigenvalue weighted by Crippen LogP contribution is 2.30. The first-order valence-corrected chi connectivity index (χ1v) is 12.8. The largest absolute Gasteiger partial charge is 0.352 e. The number of hydrogen-bond acceptors (Lipinski definition) is 5. The van der Waals surface area contributed by atoms with Gasteiger partial charge in [0, 0.05) is 39.0 Å². The molecule has 0 saturated carbocycles. The van der Waals surface area contributed by atoms with Gasteiger partial charge in [0.15, 0.2) is 5.65 Å². The summed E-state index contributed by atoms with van der Waals surface area (Å²) in [6.07, 6.45) is 1.12. The van der Waals surface area contributed by atoms with Crippen molar-refractivity contribution in [3.05, 3.63) is 77.5 Å². The van der Waals surface area contributed by atoms with Crippen LogP contribution in [0.15, 0.2) is 54.6 Å². The topological polar surface area (TPSA) is 67.2 Å². The van der Waals surface area contributed by atoms with Crippen LogP contribution in [0.3, 0.4) is 0 Å². The van der Waals surface area contributed by atoms with Crippen molar-refractivity contribution < 1.29 is 9.18 Å². The van der Waals surface area contributed by atoms with Crippen LogP contribution in [0.25, 0.3) is 16.7 Å². The zero-order chi connectivity index (χ0) is 26.2. The van der Waals surface area contributed by atoms with Crippen molar-refractivity contribution >= 4 is 22.8 Å². The number of carbonyl (C=O) groups is 1. The maximum Gasteiger partial charge on any atom is 0.223 e. The fourth-order valence-electron chi connectivity index (χ4n) is 4.79. The molecule has 192 valence electrons. The number of rotatable bonds is 5. The second-order valence-corrected chi connectivity index (χ2v) is 10.9. The Morgan fingerprint density at radius 1 is 0.946 bits per heavy atom. The summed E-state index contributed by atoms with van der Waals surface area (Å²) in [6, 6.07) is 16.4. The quantitative estimate of drug-likeness (QED) is 0.388. The second-order valence-electron chi connectivity index (χ2n) is 10.9. The van der Waals surface area contributed by atoms with Gasteiger partial charge in [-0.15, -0.1) is 0 Å². The lowest BCUT2D eigenvalue weighted by atomic mass is 9.91. The number of hydrogen-bond donors (Lipinski definition) is 0. The molecule has 0 atom stereocenters. The highest BCUT2D eigenvalue weighted by atomic mass is 19.1. The maximum atomic E-state index is 13.6. The molecule has 0 aliphatic carbocycles. The summed E-state index contributed by atoms with van der Waals surface area (Å²) in [5.74, 6) is 1.44. The third-order valence-electron chi connectivity index (χ3n) is 6.62. The molecule has 2 aromatic carbocycles. The minimum Gasteiger partial charge on any atom is -0.352 e. The highest BCUT2D eigenvalue weighted by Gasteiger charge is 2.28. The van der Waals surface area contributed by atoms with Gasteiger partial charge in [0.25, 0.3) is 0 Å². The van der Waals surface area contributed by atoms with Gasteiger partial charge in [0.1, 0.15) is 17.5 Å². The van der Waals surface area contributed by atoms with Crippen molar-refractivity contribution in [2.24, 2.45) is 5.41 Å². The predicted molar refractivity (Wildman–Crippen MR) is 143 cm³/mol. The molecule has 3 heterocycles. The Kier molecular flexibility index (Phi) is 6.67. The number of aromatic nitrogens is 4. The third kappa shape index (κ3) is 5.48. The number of fused-ring (bicyclic) bond motifs is 1. The Morgan fingerprint density at radius 2 is 1.62 bits per heavy atom. The first-order valence-electron chi connectivity index (χ1n) is 12.8. The van der Waals surface area contributed by atoms with Gasteiger partial charge in [-0.25, -0.2) is 19.0 Å². The molecule has 0 spiro atoms. The SMILES string of the molecule is Cc1nn(-c2ccc(F)cc2)c2nc(Cc3ccccc3)nc(N3CCN(C(=O)CC(C)(C)C)CC3)c12. The monoisotopic (exact) mass is 500 g/mol. The Labute approximate surface area is 216 Å². The minimum atomic E-state index is -0.295. The smallest absolute Gasteiger partial charge is 0.223 e. The zero-order valence-corrected chi connectivity index (χ0v) is 21.9. The van der Waals surface area contributed by atoms with Crippen molar-refractivity contribution in [1.82, 2.24) is 24.6 Å². The van der Waals surface area contributed by atoms with E-state index in [1.165, 1.54) is 12.1 Å².